The van der Waals surface area contributed by atoms with E-state index in [0.717, 1.165) is 15.1 Å². The Morgan fingerprint density at radius 3 is 2.58 bits per heavy atom. The first-order chi connectivity index (χ1) is 12.7. The minimum absolute atomic E-state index is 0.205. The Hall–Kier alpha value is -2.71. The summed E-state index contributed by atoms with van der Waals surface area (Å²) in [6.45, 7) is 0.205. The Labute approximate surface area is 158 Å². The largest absolute Gasteiger partial charge is 0.493 e. The molecule has 0 aliphatic heterocycles. The second-order valence-electron chi connectivity index (χ2n) is 5.26. The van der Waals surface area contributed by atoms with E-state index in [9.17, 15) is 4.79 Å². The van der Waals surface area contributed by atoms with E-state index in [1.165, 1.54) is 13.4 Å². The van der Waals surface area contributed by atoms with Crippen molar-refractivity contribution in [3.63, 3.8) is 0 Å². The van der Waals surface area contributed by atoms with Crippen molar-refractivity contribution in [1.82, 2.24) is 9.97 Å². The molecule has 134 valence electrons. The number of hydrogen-bond acceptors (Lipinski definition) is 6. The summed E-state index contributed by atoms with van der Waals surface area (Å²) in [4.78, 5) is 25.6. The lowest BCUT2D eigenvalue weighted by atomic mass is 10.2. The van der Waals surface area contributed by atoms with E-state index in [0.29, 0.717) is 34.6 Å². The maximum absolute atomic E-state index is 11.6. The average Bonchev–Trinajstić information content (AvgIpc) is 2.67. The molecule has 0 aliphatic rings. The fourth-order valence-corrected chi connectivity index (χ4v) is 2.90. The molecule has 0 N–H and O–H groups in total. The molecule has 0 unspecified atom stereocenters. The average molecular weight is 418 g/mol. The fourth-order valence-electron chi connectivity index (χ4n) is 2.46. The lowest BCUT2D eigenvalue weighted by Crippen LogP contribution is -2.23. The lowest BCUT2D eigenvalue weighted by Gasteiger charge is -2.18. The number of methoxy groups -OCH3 is 2. The zero-order chi connectivity index (χ0) is 18.5. The van der Waals surface area contributed by atoms with Gasteiger partial charge in [-0.1, -0.05) is 28.1 Å². The summed E-state index contributed by atoms with van der Waals surface area (Å²) in [5, 5.41) is 1.68. The lowest BCUT2D eigenvalue weighted by molar-refractivity contribution is -0.114. The molecule has 0 atom stereocenters. The summed E-state index contributed by atoms with van der Waals surface area (Å²) in [5.74, 6) is 1.37. The Morgan fingerprint density at radius 2 is 1.88 bits per heavy atom. The van der Waals surface area contributed by atoms with E-state index >= 15 is 0 Å². The van der Waals surface area contributed by atoms with Crippen LogP contribution in [-0.2, 0) is 16.2 Å². The molecular weight excluding hydrogens is 402 g/mol. The maximum Gasteiger partial charge on any atom is 0.239 e. The Kier molecular flexibility index (Phi) is 5.65. The minimum atomic E-state index is 0.205. The van der Waals surface area contributed by atoms with Crippen LogP contribution in [0.25, 0.3) is 10.9 Å². The molecular formula is C18H16BrN3O4. The van der Waals surface area contributed by atoms with Gasteiger partial charge in [0, 0.05) is 15.9 Å². The topological polar surface area (TPSA) is 73.8 Å². The van der Waals surface area contributed by atoms with Crippen molar-refractivity contribution in [2.24, 2.45) is 0 Å². The highest BCUT2D eigenvalue weighted by molar-refractivity contribution is 9.10. The van der Waals surface area contributed by atoms with Gasteiger partial charge < -0.3 is 9.47 Å². The second kappa shape index (κ2) is 8.11. The predicted octanol–water partition coefficient (Wildman–Crippen LogP) is 3.50. The number of benzene rings is 2. The molecule has 1 amide bonds. The van der Waals surface area contributed by atoms with Gasteiger partial charge in [-0.2, -0.15) is 5.06 Å². The van der Waals surface area contributed by atoms with Crippen LogP contribution < -0.4 is 14.5 Å². The highest BCUT2D eigenvalue weighted by atomic mass is 79.9. The van der Waals surface area contributed by atoms with E-state index in [1.54, 1.807) is 19.2 Å². The molecule has 7 nitrogen and oxygen atoms in total. The van der Waals surface area contributed by atoms with Crippen molar-refractivity contribution in [1.29, 1.82) is 0 Å². The number of carbonyl (C=O) groups is 1. The number of anilines is 1. The minimum Gasteiger partial charge on any atom is -0.493 e. The number of halogens is 1. The van der Waals surface area contributed by atoms with E-state index < -0.39 is 0 Å². The third-order valence-electron chi connectivity index (χ3n) is 3.68. The number of nitrogens with zero attached hydrogens (tertiary/aromatic N) is 3. The Bertz CT molecular complexity index is 935. The summed E-state index contributed by atoms with van der Waals surface area (Å²) in [6, 6.07) is 11.1. The number of hydroxylamine groups is 1. The van der Waals surface area contributed by atoms with Gasteiger partial charge in [-0.05, 0) is 23.8 Å². The van der Waals surface area contributed by atoms with Crippen LogP contribution in [0.3, 0.4) is 0 Å². The molecule has 2 aromatic carbocycles. The number of ether oxygens (including phenoxy) is 2. The summed E-state index contributed by atoms with van der Waals surface area (Å²) < 4.78 is 11.5. The van der Waals surface area contributed by atoms with Crippen LogP contribution >= 0.6 is 15.9 Å². The first-order valence-electron chi connectivity index (χ1n) is 7.65. The molecule has 3 rings (SSSR count). The SMILES string of the molecule is COc1cc2ncnc(N(C=O)OCc3cccc(Br)c3)c2cc1OC. The molecule has 0 radical (unpaired) electrons. The third kappa shape index (κ3) is 3.76. The van der Waals surface area contributed by atoms with E-state index in [1.807, 2.05) is 24.3 Å². The van der Waals surface area contributed by atoms with E-state index in [4.69, 9.17) is 14.3 Å². The normalized spacial score (nSPS) is 10.6. The molecule has 0 bridgehead atoms. The summed E-state index contributed by atoms with van der Waals surface area (Å²) >= 11 is 3.41. The van der Waals surface area contributed by atoms with Crippen LogP contribution in [0.15, 0.2) is 47.2 Å². The predicted molar refractivity (Wildman–Crippen MR) is 100 cm³/mol. The van der Waals surface area contributed by atoms with Crippen molar-refractivity contribution >= 4 is 39.1 Å². The monoisotopic (exact) mass is 417 g/mol. The van der Waals surface area contributed by atoms with Gasteiger partial charge in [-0.3, -0.25) is 9.63 Å². The maximum atomic E-state index is 11.6. The van der Waals surface area contributed by atoms with Gasteiger partial charge in [0.15, 0.2) is 17.3 Å². The number of aromatic nitrogens is 2. The molecule has 1 aromatic heterocycles. The van der Waals surface area contributed by atoms with Crippen LogP contribution in [0.4, 0.5) is 5.82 Å². The molecule has 8 heteroatoms. The van der Waals surface area contributed by atoms with Crippen molar-refractivity contribution in [2.75, 3.05) is 19.3 Å². The summed E-state index contributed by atoms with van der Waals surface area (Å²) in [6.07, 6.45) is 1.93. The van der Waals surface area contributed by atoms with Gasteiger partial charge in [0.25, 0.3) is 0 Å². The Balaban J connectivity index is 1.94. The third-order valence-corrected chi connectivity index (χ3v) is 4.18. The molecule has 1 heterocycles. The molecule has 0 spiro atoms. The van der Waals surface area contributed by atoms with Crippen LogP contribution in [0.5, 0.6) is 11.5 Å². The second-order valence-corrected chi connectivity index (χ2v) is 6.17. The van der Waals surface area contributed by atoms with Crippen molar-refractivity contribution in [3.8, 4) is 11.5 Å². The smallest absolute Gasteiger partial charge is 0.239 e. The summed E-state index contributed by atoms with van der Waals surface area (Å²) in [7, 11) is 3.08. The fraction of sp³-hybridized carbons (Fsp3) is 0.167. The highest BCUT2D eigenvalue weighted by Gasteiger charge is 2.16. The highest BCUT2D eigenvalue weighted by Crippen LogP contribution is 2.34. The van der Waals surface area contributed by atoms with Gasteiger partial charge in [-0.15, -0.1) is 0 Å². The number of carbonyl (C=O) groups excluding carboxylic acids is 1. The molecule has 0 saturated heterocycles. The molecule has 0 fully saturated rings. The first kappa shape index (κ1) is 18.1. The Morgan fingerprint density at radius 1 is 1.12 bits per heavy atom. The van der Waals surface area contributed by atoms with Gasteiger partial charge >= 0.3 is 0 Å². The summed E-state index contributed by atoms with van der Waals surface area (Å²) in [5.41, 5.74) is 1.51. The zero-order valence-corrected chi connectivity index (χ0v) is 15.8. The number of amides is 1. The first-order valence-corrected chi connectivity index (χ1v) is 8.44. The quantitative estimate of drug-likeness (QED) is 0.432. The number of rotatable bonds is 7. The van der Waals surface area contributed by atoms with Gasteiger partial charge in [0.05, 0.1) is 19.7 Å². The molecule has 0 aliphatic carbocycles. The molecule has 26 heavy (non-hydrogen) atoms. The number of hydrogen-bond donors (Lipinski definition) is 0. The van der Waals surface area contributed by atoms with Crippen LogP contribution in [0, 0.1) is 0 Å². The van der Waals surface area contributed by atoms with Crippen LogP contribution in [-0.4, -0.2) is 30.6 Å². The van der Waals surface area contributed by atoms with E-state index in [-0.39, 0.29) is 6.61 Å². The van der Waals surface area contributed by atoms with Crippen LogP contribution in [0.2, 0.25) is 0 Å². The number of fused-ring (bicyclic) bond motifs is 1. The van der Waals surface area contributed by atoms with Gasteiger partial charge in [0.1, 0.15) is 12.9 Å². The molecule has 3 aromatic rings. The van der Waals surface area contributed by atoms with Crippen molar-refractivity contribution < 1.29 is 19.1 Å². The van der Waals surface area contributed by atoms with Crippen molar-refractivity contribution in [2.45, 2.75) is 6.61 Å². The molecule has 0 saturated carbocycles. The van der Waals surface area contributed by atoms with Gasteiger partial charge in [0.2, 0.25) is 6.41 Å². The van der Waals surface area contributed by atoms with Crippen molar-refractivity contribution in [3.05, 3.63) is 52.8 Å². The standard InChI is InChI=1S/C18H16BrN3O4/c1-24-16-7-14-15(8-17(16)25-2)20-10-21-18(14)22(11-23)26-9-12-4-3-5-13(19)6-12/h3-8,10-11H,9H2,1-2H3. The zero-order valence-electron chi connectivity index (χ0n) is 14.2. The van der Waals surface area contributed by atoms with E-state index in [2.05, 4.69) is 25.9 Å². The van der Waals surface area contributed by atoms with Crippen LogP contribution in [0.1, 0.15) is 5.56 Å². The van der Waals surface area contributed by atoms with Gasteiger partial charge in [-0.25, -0.2) is 9.97 Å².